The van der Waals surface area contributed by atoms with Crippen LogP contribution in [0.1, 0.15) is 24.0 Å². The second-order valence-corrected chi connectivity index (χ2v) is 8.27. The topological polar surface area (TPSA) is 38.0 Å². The minimum atomic E-state index is -0.974. The normalized spacial score (nSPS) is 17.6. The van der Waals surface area contributed by atoms with Gasteiger partial charge in [-0.1, -0.05) is 54.1 Å². The SMILES string of the molecule is OC(CSCc1ccccc1)(c1ccc(Cl)cc1)C1(n2ccnc2)CC1. The van der Waals surface area contributed by atoms with Crippen molar-refractivity contribution >= 4 is 23.4 Å². The summed E-state index contributed by atoms with van der Waals surface area (Å²) < 4.78 is 2.07. The number of thioether (sulfide) groups is 1. The van der Waals surface area contributed by atoms with Crippen molar-refractivity contribution in [1.29, 1.82) is 0 Å². The fourth-order valence-electron chi connectivity index (χ4n) is 3.62. The summed E-state index contributed by atoms with van der Waals surface area (Å²) in [6, 6.07) is 18.0. The standard InChI is InChI=1S/C21H21ClN2OS/c22-19-8-6-18(7-9-19)21(25,15-26-14-17-4-2-1-3-5-17)20(10-11-20)24-13-12-23-16-24/h1-9,12-13,16,25H,10-11,14-15H2. The van der Waals surface area contributed by atoms with Crippen molar-refractivity contribution in [2.24, 2.45) is 0 Å². The lowest BCUT2D eigenvalue weighted by Crippen LogP contribution is -2.45. The van der Waals surface area contributed by atoms with Crippen LogP contribution in [0.15, 0.2) is 73.3 Å². The van der Waals surface area contributed by atoms with Crippen LogP contribution in [0.5, 0.6) is 0 Å². The molecule has 1 atom stereocenters. The molecule has 0 radical (unpaired) electrons. The van der Waals surface area contributed by atoms with Crippen molar-refractivity contribution in [3.8, 4) is 0 Å². The molecule has 0 aliphatic heterocycles. The Morgan fingerprint density at radius 1 is 1.12 bits per heavy atom. The van der Waals surface area contributed by atoms with E-state index < -0.39 is 5.60 Å². The predicted octanol–water partition coefficient (Wildman–Crippen LogP) is 4.85. The van der Waals surface area contributed by atoms with Crippen LogP contribution in [0.3, 0.4) is 0 Å². The van der Waals surface area contributed by atoms with E-state index in [-0.39, 0.29) is 5.54 Å². The van der Waals surface area contributed by atoms with E-state index >= 15 is 0 Å². The van der Waals surface area contributed by atoms with E-state index in [2.05, 4.69) is 33.8 Å². The molecule has 1 fully saturated rings. The summed E-state index contributed by atoms with van der Waals surface area (Å²) in [6.07, 6.45) is 7.42. The maximum Gasteiger partial charge on any atom is 0.122 e. The Bertz CT molecular complexity index is 847. The Hall–Kier alpha value is -1.75. The van der Waals surface area contributed by atoms with Gasteiger partial charge in [-0.15, -0.1) is 0 Å². The molecule has 1 unspecified atom stereocenters. The molecule has 0 spiro atoms. The zero-order valence-corrected chi connectivity index (χ0v) is 16.0. The second kappa shape index (κ2) is 7.10. The van der Waals surface area contributed by atoms with Crippen LogP contribution in [0.2, 0.25) is 5.02 Å². The third kappa shape index (κ3) is 3.18. The van der Waals surface area contributed by atoms with Gasteiger partial charge in [0.25, 0.3) is 0 Å². The average Bonchev–Trinajstić information content (AvgIpc) is 3.30. The summed E-state index contributed by atoms with van der Waals surface area (Å²) in [4.78, 5) is 4.20. The molecule has 3 aromatic rings. The summed E-state index contributed by atoms with van der Waals surface area (Å²) in [5.74, 6) is 1.48. The first-order valence-corrected chi connectivity index (χ1v) is 10.3. The fourth-order valence-corrected chi connectivity index (χ4v) is 5.01. The Labute approximate surface area is 163 Å². The molecular weight excluding hydrogens is 364 g/mol. The lowest BCUT2D eigenvalue weighted by molar-refractivity contribution is -0.00996. The van der Waals surface area contributed by atoms with Gasteiger partial charge in [0.1, 0.15) is 5.60 Å². The Morgan fingerprint density at radius 3 is 2.46 bits per heavy atom. The van der Waals surface area contributed by atoms with Gasteiger partial charge in [0.15, 0.2) is 0 Å². The minimum Gasteiger partial charge on any atom is -0.382 e. The van der Waals surface area contributed by atoms with E-state index in [9.17, 15) is 5.11 Å². The lowest BCUT2D eigenvalue weighted by atomic mass is 9.85. The first-order chi connectivity index (χ1) is 12.6. The number of rotatable bonds is 7. The van der Waals surface area contributed by atoms with Gasteiger partial charge in [-0.2, -0.15) is 11.8 Å². The number of nitrogens with zero attached hydrogens (tertiary/aromatic N) is 2. The molecule has 1 heterocycles. The summed E-state index contributed by atoms with van der Waals surface area (Å²) in [5, 5.41) is 12.6. The third-order valence-electron chi connectivity index (χ3n) is 5.24. The van der Waals surface area contributed by atoms with Crippen LogP contribution in [-0.2, 0) is 16.9 Å². The van der Waals surface area contributed by atoms with E-state index in [1.54, 1.807) is 18.0 Å². The van der Waals surface area contributed by atoms with Crippen LogP contribution in [0.4, 0.5) is 0 Å². The molecule has 4 rings (SSSR count). The molecular formula is C21H21ClN2OS. The van der Waals surface area contributed by atoms with Crippen molar-refractivity contribution in [1.82, 2.24) is 9.55 Å². The molecule has 134 valence electrons. The van der Waals surface area contributed by atoms with Gasteiger partial charge < -0.3 is 9.67 Å². The van der Waals surface area contributed by atoms with Crippen LogP contribution in [0.25, 0.3) is 0 Å². The Kier molecular flexibility index (Phi) is 4.82. The highest BCUT2D eigenvalue weighted by Gasteiger charge is 2.60. The summed E-state index contributed by atoms with van der Waals surface area (Å²) >= 11 is 7.83. The number of aromatic nitrogens is 2. The van der Waals surface area contributed by atoms with E-state index in [0.29, 0.717) is 10.8 Å². The summed E-state index contributed by atoms with van der Waals surface area (Å²) in [7, 11) is 0. The van der Waals surface area contributed by atoms with Crippen molar-refractivity contribution in [3.63, 3.8) is 0 Å². The van der Waals surface area contributed by atoms with Gasteiger partial charge in [-0.25, -0.2) is 4.98 Å². The Balaban J connectivity index is 1.62. The minimum absolute atomic E-state index is 0.332. The largest absolute Gasteiger partial charge is 0.382 e. The van der Waals surface area contributed by atoms with Crippen LogP contribution in [0, 0.1) is 0 Å². The molecule has 26 heavy (non-hydrogen) atoms. The van der Waals surface area contributed by atoms with E-state index in [0.717, 1.165) is 24.2 Å². The van der Waals surface area contributed by atoms with Crippen molar-refractivity contribution < 1.29 is 5.11 Å². The highest BCUT2D eigenvalue weighted by atomic mass is 35.5. The van der Waals surface area contributed by atoms with Crippen LogP contribution >= 0.6 is 23.4 Å². The maximum absolute atomic E-state index is 11.9. The van der Waals surface area contributed by atoms with Gasteiger partial charge in [0.05, 0.1) is 11.9 Å². The molecule has 1 aromatic heterocycles. The molecule has 0 bridgehead atoms. The molecule has 0 saturated heterocycles. The zero-order chi connectivity index (χ0) is 18.0. The molecule has 1 aliphatic rings. The Morgan fingerprint density at radius 2 is 1.85 bits per heavy atom. The smallest absolute Gasteiger partial charge is 0.122 e. The molecule has 1 N–H and O–H groups in total. The number of halogens is 1. The van der Waals surface area contributed by atoms with Gasteiger partial charge in [-0.3, -0.25) is 0 Å². The van der Waals surface area contributed by atoms with Crippen LogP contribution in [-0.4, -0.2) is 20.4 Å². The predicted molar refractivity (Wildman–Crippen MR) is 107 cm³/mol. The van der Waals surface area contributed by atoms with Crippen molar-refractivity contribution in [2.75, 3.05) is 5.75 Å². The number of benzene rings is 2. The zero-order valence-electron chi connectivity index (χ0n) is 14.4. The van der Waals surface area contributed by atoms with Crippen molar-refractivity contribution in [3.05, 3.63) is 89.5 Å². The quantitative estimate of drug-likeness (QED) is 0.633. The van der Waals surface area contributed by atoms with Crippen LogP contribution < -0.4 is 0 Å². The number of hydrogen-bond acceptors (Lipinski definition) is 3. The maximum atomic E-state index is 11.9. The number of aliphatic hydroxyl groups is 1. The molecule has 1 saturated carbocycles. The molecule has 1 aliphatic carbocycles. The van der Waals surface area contributed by atoms with Gasteiger partial charge >= 0.3 is 0 Å². The van der Waals surface area contributed by atoms with Gasteiger partial charge in [-0.05, 0) is 36.1 Å². The highest BCUT2D eigenvalue weighted by Crippen LogP contribution is 2.57. The molecule has 2 aromatic carbocycles. The molecule has 3 nitrogen and oxygen atoms in total. The van der Waals surface area contributed by atoms with Gasteiger partial charge in [0.2, 0.25) is 0 Å². The first kappa shape index (κ1) is 17.7. The van der Waals surface area contributed by atoms with E-state index in [1.807, 2.05) is 42.9 Å². The molecule has 0 amide bonds. The monoisotopic (exact) mass is 384 g/mol. The average molecular weight is 385 g/mol. The van der Waals surface area contributed by atoms with Gasteiger partial charge in [0, 0.05) is 28.9 Å². The fraction of sp³-hybridized carbons (Fsp3) is 0.286. The van der Waals surface area contributed by atoms with E-state index in [4.69, 9.17) is 11.6 Å². The van der Waals surface area contributed by atoms with Crippen molar-refractivity contribution in [2.45, 2.75) is 29.7 Å². The van der Waals surface area contributed by atoms with E-state index in [1.165, 1.54) is 5.56 Å². The first-order valence-electron chi connectivity index (χ1n) is 8.73. The lowest BCUT2D eigenvalue weighted by Gasteiger charge is -2.38. The second-order valence-electron chi connectivity index (χ2n) is 6.85. The highest BCUT2D eigenvalue weighted by molar-refractivity contribution is 7.98. The third-order valence-corrected chi connectivity index (χ3v) is 6.65. The number of hydrogen-bond donors (Lipinski definition) is 1. The number of imidazole rings is 1. The summed E-state index contributed by atoms with van der Waals surface area (Å²) in [6.45, 7) is 0. The summed E-state index contributed by atoms with van der Waals surface area (Å²) in [5.41, 5.74) is 0.871. The molecule has 5 heteroatoms.